The van der Waals surface area contributed by atoms with Crippen molar-refractivity contribution < 1.29 is 29.6 Å². The van der Waals surface area contributed by atoms with Gasteiger partial charge in [-0.25, -0.2) is 4.39 Å². The number of rotatable bonds is 10. The topological polar surface area (TPSA) is 71.9 Å². The highest BCUT2D eigenvalue weighted by molar-refractivity contribution is 5.85. The molecule has 0 heterocycles. The minimum Gasteiger partial charge on any atom is -0.507 e. The molecule has 0 aromatic heterocycles. The summed E-state index contributed by atoms with van der Waals surface area (Å²) in [6.07, 6.45) is 0. The van der Waals surface area contributed by atoms with Crippen LogP contribution in [0.2, 0.25) is 0 Å². The van der Waals surface area contributed by atoms with Crippen LogP contribution in [0.4, 0.5) is 15.8 Å². The van der Waals surface area contributed by atoms with Crippen molar-refractivity contribution in [3.63, 3.8) is 0 Å². The second kappa shape index (κ2) is 11.4. The number of methoxy groups -OCH3 is 2. The first-order chi connectivity index (χ1) is 15.9. The number of halogens is 1. The maximum atomic E-state index is 14.8. The second-order valence-electron chi connectivity index (χ2n) is 8.30. The summed E-state index contributed by atoms with van der Waals surface area (Å²) in [6.45, 7) is 8.69. The second-order valence-corrected chi connectivity index (χ2v) is 8.30. The molecule has 3 aromatic rings. The van der Waals surface area contributed by atoms with Crippen LogP contribution < -0.4 is 10.6 Å². The van der Waals surface area contributed by atoms with Gasteiger partial charge in [-0.2, -0.15) is 0 Å². The summed E-state index contributed by atoms with van der Waals surface area (Å²) in [5.74, 6) is -0.0377. The summed E-state index contributed by atoms with van der Waals surface area (Å²) in [4.78, 5) is 0. The third-order valence-electron chi connectivity index (χ3n) is 6.16. The fourth-order valence-electron chi connectivity index (χ4n) is 4.24. The van der Waals surface area contributed by atoms with E-state index in [2.05, 4.69) is 17.4 Å². The Bertz CT molecular complexity index is 1070. The van der Waals surface area contributed by atoms with Crippen molar-refractivity contribution in [1.82, 2.24) is 0 Å². The molecule has 5 nitrogen and oxygen atoms in total. The van der Waals surface area contributed by atoms with E-state index in [1.165, 1.54) is 0 Å². The molecular formula is C27H35FN2O3+2. The van der Waals surface area contributed by atoms with E-state index in [4.69, 9.17) is 9.47 Å². The van der Waals surface area contributed by atoms with Gasteiger partial charge < -0.3 is 25.2 Å². The molecule has 176 valence electrons. The molecule has 0 saturated heterocycles. The molecule has 5 N–H and O–H groups in total. The zero-order chi connectivity index (χ0) is 24.0. The van der Waals surface area contributed by atoms with Gasteiger partial charge in [-0.1, -0.05) is 0 Å². The van der Waals surface area contributed by atoms with Gasteiger partial charge in [-0.15, -0.1) is 0 Å². The van der Waals surface area contributed by atoms with E-state index in [9.17, 15) is 9.50 Å². The van der Waals surface area contributed by atoms with Gasteiger partial charge in [0.25, 0.3) is 0 Å². The van der Waals surface area contributed by atoms with Gasteiger partial charge in [0, 0.05) is 25.8 Å². The normalized spacial score (nSPS) is 11.2. The van der Waals surface area contributed by atoms with Crippen LogP contribution in [0.3, 0.4) is 0 Å². The van der Waals surface area contributed by atoms with E-state index in [1.54, 1.807) is 26.4 Å². The van der Waals surface area contributed by atoms with Crippen molar-refractivity contribution in [3.05, 3.63) is 65.0 Å². The minimum atomic E-state index is -0.274. The van der Waals surface area contributed by atoms with Crippen molar-refractivity contribution in [3.8, 4) is 28.0 Å². The summed E-state index contributed by atoms with van der Waals surface area (Å²) in [7, 11) is 3.33. The van der Waals surface area contributed by atoms with Crippen molar-refractivity contribution >= 4 is 11.4 Å². The zero-order valence-corrected chi connectivity index (χ0v) is 20.2. The van der Waals surface area contributed by atoms with E-state index in [0.717, 1.165) is 51.2 Å². The predicted octanol–water partition coefficient (Wildman–Crippen LogP) is 3.47. The number of quaternary nitrogens is 2. The average Bonchev–Trinajstić information content (AvgIpc) is 2.81. The molecule has 0 atom stereocenters. The molecule has 0 radical (unpaired) electrons. The van der Waals surface area contributed by atoms with Gasteiger partial charge in [-0.05, 0) is 90.6 Å². The highest BCUT2D eigenvalue weighted by Crippen LogP contribution is 2.43. The van der Waals surface area contributed by atoms with Gasteiger partial charge in [0.05, 0.1) is 13.2 Å². The molecule has 0 spiro atoms. The SMILES string of the molecule is COCC[NH2+]c1ccc(-c2c(C)c(C)c(-c3ccc([NH2+]CCOC)c(F)c3)c(C)c2O)cc1. The molecule has 3 aromatic carbocycles. The van der Waals surface area contributed by atoms with Crippen LogP contribution in [0.15, 0.2) is 42.5 Å². The van der Waals surface area contributed by atoms with Crippen LogP contribution in [-0.2, 0) is 9.47 Å². The number of aromatic hydroxyl groups is 1. The Balaban J connectivity index is 1.95. The first-order valence-corrected chi connectivity index (χ1v) is 11.3. The van der Waals surface area contributed by atoms with Crippen molar-refractivity contribution in [2.45, 2.75) is 20.8 Å². The number of phenols is 1. The summed E-state index contributed by atoms with van der Waals surface area (Å²) >= 11 is 0. The van der Waals surface area contributed by atoms with E-state index in [-0.39, 0.29) is 11.6 Å². The fraction of sp³-hybridized carbons (Fsp3) is 0.333. The highest BCUT2D eigenvalue weighted by Gasteiger charge is 2.20. The van der Waals surface area contributed by atoms with Crippen LogP contribution in [0.5, 0.6) is 5.75 Å². The summed E-state index contributed by atoms with van der Waals surface area (Å²) < 4.78 is 24.9. The quantitative estimate of drug-likeness (QED) is 0.325. The molecule has 0 unspecified atom stereocenters. The smallest absolute Gasteiger partial charge is 0.184 e. The molecular weight excluding hydrogens is 419 g/mol. The third-order valence-corrected chi connectivity index (χ3v) is 6.16. The molecule has 0 aliphatic carbocycles. The largest absolute Gasteiger partial charge is 0.507 e. The minimum absolute atomic E-state index is 0.236. The molecule has 6 heteroatoms. The van der Waals surface area contributed by atoms with Gasteiger partial charge in [0.1, 0.15) is 24.5 Å². The van der Waals surface area contributed by atoms with Crippen LogP contribution in [0, 0.1) is 26.6 Å². The summed E-state index contributed by atoms with van der Waals surface area (Å²) in [5, 5.41) is 15.1. The van der Waals surface area contributed by atoms with Crippen molar-refractivity contribution in [2.24, 2.45) is 0 Å². The third kappa shape index (κ3) is 5.60. The zero-order valence-electron chi connectivity index (χ0n) is 20.2. The number of benzene rings is 3. The van der Waals surface area contributed by atoms with Gasteiger partial charge in [0.15, 0.2) is 11.5 Å². The maximum Gasteiger partial charge on any atom is 0.184 e. The Morgan fingerprint density at radius 2 is 1.33 bits per heavy atom. The molecule has 0 fully saturated rings. The fourth-order valence-corrected chi connectivity index (χ4v) is 4.24. The highest BCUT2D eigenvalue weighted by atomic mass is 19.1. The van der Waals surface area contributed by atoms with Gasteiger partial charge in [0.2, 0.25) is 0 Å². The lowest BCUT2D eigenvalue weighted by atomic mass is 9.86. The number of ether oxygens (including phenoxy) is 2. The summed E-state index contributed by atoms with van der Waals surface area (Å²) in [6, 6.07) is 13.4. The lowest BCUT2D eigenvalue weighted by Crippen LogP contribution is -2.79. The van der Waals surface area contributed by atoms with Crippen LogP contribution in [0.1, 0.15) is 16.7 Å². The van der Waals surface area contributed by atoms with E-state index < -0.39 is 0 Å². The van der Waals surface area contributed by atoms with Crippen LogP contribution >= 0.6 is 0 Å². The lowest BCUT2D eigenvalue weighted by molar-refractivity contribution is -0.575. The van der Waals surface area contributed by atoms with Crippen LogP contribution in [0.25, 0.3) is 22.3 Å². The number of phenolic OH excluding ortho intramolecular Hbond substituents is 1. The molecule has 3 rings (SSSR count). The van der Waals surface area contributed by atoms with Crippen molar-refractivity contribution in [1.29, 1.82) is 0 Å². The van der Waals surface area contributed by atoms with Crippen LogP contribution in [-0.4, -0.2) is 45.6 Å². The molecule has 0 saturated carbocycles. The van der Waals surface area contributed by atoms with Gasteiger partial charge >= 0.3 is 0 Å². The Morgan fingerprint density at radius 1 is 0.758 bits per heavy atom. The monoisotopic (exact) mass is 454 g/mol. The number of hydrogen-bond donors (Lipinski definition) is 3. The number of nitrogens with two attached hydrogens (primary N) is 2. The molecule has 0 aliphatic heterocycles. The molecule has 0 amide bonds. The standard InChI is InChI=1S/C27H33FN2O3/c1-17-18(2)26(20-6-9-22(10-7-20)29-12-14-32-4)27(31)19(3)25(17)21-8-11-24(23(28)16-21)30-13-15-33-5/h6-11,16,29-31H,12-15H2,1-5H3/p+2. The Hall–Kier alpha value is -2.77. The summed E-state index contributed by atoms with van der Waals surface area (Å²) in [5.41, 5.74) is 7.87. The lowest BCUT2D eigenvalue weighted by Gasteiger charge is -2.20. The number of hydrogen-bond acceptors (Lipinski definition) is 3. The Kier molecular flexibility index (Phi) is 8.58. The molecule has 0 aliphatic rings. The Labute approximate surface area is 195 Å². The molecule has 0 bridgehead atoms. The van der Waals surface area contributed by atoms with Crippen molar-refractivity contribution in [2.75, 3.05) is 40.5 Å². The first-order valence-electron chi connectivity index (χ1n) is 11.3. The van der Waals surface area contributed by atoms with E-state index in [1.807, 2.05) is 44.3 Å². The molecule has 33 heavy (non-hydrogen) atoms. The first kappa shape index (κ1) is 24.9. The predicted molar refractivity (Wildman–Crippen MR) is 130 cm³/mol. The van der Waals surface area contributed by atoms with Gasteiger partial charge in [-0.3, -0.25) is 0 Å². The van der Waals surface area contributed by atoms with E-state index in [0.29, 0.717) is 25.4 Å². The average molecular weight is 455 g/mol. The van der Waals surface area contributed by atoms with E-state index >= 15 is 0 Å². The maximum absolute atomic E-state index is 14.8. The Morgan fingerprint density at radius 3 is 1.94 bits per heavy atom.